The fourth-order valence-corrected chi connectivity index (χ4v) is 4.90. The van der Waals surface area contributed by atoms with Crippen LogP contribution in [0.5, 0.6) is 11.5 Å². The number of sulfonamides is 1. The summed E-state index contributed by atoms with van der Waals surface area (Å²) in [6.45, 7) is 1.17. The predicted octanol–water partition coefficient (Wildman–Crippen LogP) is 5.82. The van der Waals surface area contributed by atoms with Crippen molar-refractivity contribution in [2.75, 3.05) is 25.5 Å². The van der Waals surface area contributed by atoms with Crippen LogP contribution in [0, 0.1) is 0 Å². The Balaban J connectivity index is 2.09. The Hall–Kier alpha value is -3.50. The van der Waals surface area contributed by atoms with E-state index in [0.717, 1.165) is 0 Å². The van der Waals surface area contributed by atoms with Gasteiger partial charge in [-0.3, -0.25) is 4.99 Å². The van der Waals surface area contributed by atoms with Crippen molar-refractivity contribution in [3.8, 4) is 11.5 Å². The topological polar surface area (TPSA) is 80.2 Å². The monoisotopic (exact) mass is 503 g/mol. The standard InChI is InChI=1S/C25H27F2N3O4S/c1-4-30(5-2)35(31,32)19-14-15-20(29-21-11-7-9-13-24(21)33-3)22(16-19)28-17-18-10-6-8-12-23(18)34-25(26)27/h6-17,25,29H,4-5H2,1-3H3. The van der Waals surface area contributed by atoms with Gasteiger partial charge in [0.15, 0.2) is 0 Å². The molecule has 0 aliphatic rings. The molecular formula is C25H27F2N3O4S. The first-order valence-electron chi connectivity index (χ1n) is 10.9. The number of rotatable bonds is 11. The van der Waals surface area contributed by atoms with Crippen LogP contribution in [0.3, 0.4) is 0 Å². The van der Waals surface area contributed by atoms with E-state index in [-0.39, 0.29) is 16.3 Å². The zero-order chi connectivity index (χ0) is 25.4. The minimum Gasteiger partial charge on any atom is -0.495 e. The summed E-state index contributed by atoms with van der Waals surface area (Å²) < 4.78 is 63.1. The molecule has 0 radical (unpaired) electrons. The lowest BCUT2D eigenvalue weighted by molar-refractivity contribution is -0.0499. The summed E-state index contributed by atoms with van der Waals surface area (Å²) in [5.41, 5.74) is 1.74. The van der Waals surface area contributed by atoms with Crippen LogP contribution in [0.1, 0.15) is 19.4 Å². The summed E-state index contributed by atoms with van der Waals surface area (Å²) in [4.78, 5) is 4.51. The zero-order valence-corrected chi connectivity index (χ0v) is 20.4. The van der Waals surface area contributed by atoms with Crippen molar-refractivity contribution in [1.82, 2.24) is 4.31 Å². The third-order valence-corrected chi connectivity index (χ3v) is 7.21. The molecule has 7 nitrogen and oxygen atoms in total. The summed E-state index contributed by atoms with van der Waals surface area (Å²) in [5.74, 6) is 0.537. The van der Waals surface area contributed by atoms with Crippen molar-refractivity contribution in [2.24, 2.45) is 4.99 Å². The second kappa shape index (κ2) is 11.8. The van der Waals surface area contributed by atoms with E-state index < -0.39 is 16.6 Å². The molecule has 186 valence electrons. The molecule has 0 aromatic heterocycles. The quantitative estimate of drug-likeness (QED) is 0.334. The van der Waals surface area contributed by atoms with Crippen molar-refractivity contribution in [3.63, 3.8) is 0 Å². The summed E-state index contributed by atoms with van der Waals surface area (Å²) in [7, 11) is -2.21. The van der Waals surface area contributed by atoms with Crippen LogP contribution in [0.15, 0.2) is 76.6 Å². The van der Waals surface area contributed by atoms with Crippen LogP contribution in [-0.2, 0) is 10.0 Å². The number of nitrogens with one attached hydrogen (secondary N) is 1. The minimum absolute atomic E-state index is 0.0441. The normalized spacial score (nSPS) is 11.9. The lowest BCUT2D eigenvalue weighted by atomic mass is 10.2. The molecule has 0 spiro atoms. The summed E-state index contributed by atoms with van der Waals surface area (Å²) in [6.07, 6.45) is 1.36. The van der Waals surface area contributed by atoms with Gasteiger partial charge in [-0.15, -0.1) is 0 Å². The molecule has 10 heteroatoms. The molecule has 0 aliphatic carbocycles. The van der Waals surface area contributed by atoms with Gasteiger partial charge in [0, 0.05) is 24.9 Å². The largest absolute Gasteiger partial charge is 0.495 e. The van der Waals surface area contributed by atoms with E-state index in [1.165, 1.54) is 28.7 Å². The number of anilines is 2. The van der Waals surface area contributed by atoms with Gasteiger partial charge in [0.05, 0.1) is 29.1 Å². The lowest BCUT2D eigenvalue weighted by Gasteiger charge is -2.19. The number of benzene rings is 3. The fraction of sp³-hybridized carbons (Fsp3) is 0.240. The van der Waals surface area contributed by atoms with Gasteiger partial charge in [-0.2, -0.15) is 13.1 Å². The number of alkyl halides is 2. The summed E-state index contributed by atoms with van der Waals surface area (Å²) in [5, 5.41) is 3.21. The number of hydrogen-bond acceptors (Lipinski definition) is 6. The SMILES string of the molecule is CCN(CC)S(=O)(=O)c1ccc(Nc2ccccc2OC)c(N=Cc2ccccc2OC(F)F)c1. The number of halogens is 2. The van der Waals surface area contributed by atoms with E-state index in [4.69, 9.17) is 4.74 Å². The Morgan fingerprint density at radius 2 is 1.63 bits per heavy atom. The average Bonchev–Trinajstić information content (AvgIpc) is 2.84. The van der Waals surface area contributed by atoms with Crippen molar-refractivity contribution in [3.05, 3.63) is 72.3 Å². The molecule has 3 aromatic carbocycles. The van der Waals surface area contributed by atoms with Crippen molar-refractivity contribution in [2.45, 2.75) is 25.4 Å². The van der Waals surface area contributed by atoms with Gasteiger partial charge in [-0.25, -0.2) is 8.42 Å². The maximum Gasteiger partial charge on any atom is 0.387 e. The Labute approximate surface area is 204 Å². The van der Waals surface area contributed by atoms with Crippen LogP contribution in [0.2, 0.25) is 0 Å². The average molecular weight is 504 g/mol. The smallest absolute Gasteiger partial charge is 0.387 e. The van der Waals surface area contributed by atoms with Crippen LogP contribution in [0.4, 0.5) is 25.8 Å². The van der Waals surface area contributed by atoms with Crippen LogP contribution in [0.25, 0.3) is 0 Å². The zero-order valence-electron chi connectivity index (χ0n) is 19.6. The molecule has 3 aromatic rings. The molecule has 0 heterocycles. The highest BCUT2D eigenvalue weighted by atomic mass is 32.2. The van der Waals surface area contributed by atoms with Crippen molar-refractivity contribution < 1.29 is 26.7 Å². The highest BCUT2D eigenvalue weighted by Gasteiger charge is 2.23. The summed E-state index contributed by atoms with van der Waals surface area (Å²) in [6, 6.07) is 18.0. The lowest BCUT2D eigenvalue weighted by Crippen LogP contribution is -2.30. The van der Waals surface area contributed by atoms with E-state index in [9.17, 15) is 17.2 Å². The number of aliphatic imine (C=N–C) groups is 1. The van der Waals surface area contributed by atoms with Gasteiger partial charge in [0.25, 0.3) is 0 Å². The second-order valence-corrected chi connectivity index (χ2v) is 9.21. The highest BCUT2D eigenvalue weighted by molar-refractivity contribution is 7.89. The Kier molecular flexibility index (Phi) is 8.78. The number of para-hydroxylation sites is 3. The maximum atomic E-state index is 13.1. The number of methoxy groups -OCH3 is 1. The molecular weight excluding hydrogens is 476 g/mol. The first-order valence-corrected chi connectivity index (χ1v) is 12.4. The van der Waals surface area contributed by atoms with E-state index in [0.29, 0.717) is 35.8 Å². The van der Waals surface area contributed by atoms with Gasteiger partial charge < -0.3 is 14.8 Å². The molecule has 0 aliphatic heterocycles. The molecule has 35 heavy (non-hydrogen) atoms. The molecule has 1 N–H and O–H groups in total. The second-order valence-electron chi connectivity index (χ2n) is 7.27. The third kappa shape index (κ3) is 6.34. The first kappa shape index (κ1) is 26.1. The molecule has 0 amide bonds. The fourth-order valence-electron chi connectivity index (χ4n) is 3.42. The number of hydrogen-bond donors (Lipinski definition) is 1. The van der Waals surface area contributed by atoms with Gasteiger partial charge >= 0.3 is 6.61 Å². The molecule has 0 bridgehead atoms. The molecule has 0 saturated heterocycles. The van der Waals surface area contributed by atoms with Crippen LogP contribution >= 0.6 is 0 Å². The first-order chi connectivity index (χ1) is 16.8. The van der Waals surface area contributed by atoms with E-state index in [1.54, 1.807) is 57.4 Å². The van der Waals surface area contributed by atoms with Crippen molar-refractivity contribution >= 4 is 33.3 Å². The number of nitrogens with zero attached hydrogens (tertiary/aromatic N) is 2. The molecule has 0 unspecified atom stereocenters. The predicted molar refractivity (Wildman–Crippen MR) is 133 cm³/mol. The molecule has 3 rings (SSSR count). The molecule has 0 fully saturated rings. The molecule has 0 saturated carbocycles. The van der Waals surface area contributed by atoms with E-state index >= 15 is 0 Å². The summed E-state index contributed by atoms with van der Waals surface area (Å²) >= 11 is 0. The molecule has 0 atom stereocenters. The Morgan fingerprint density at radius 3 is 2.29 bits per heavy atom. The third-order valence-electron chi connectivity index (χ3n) is 5.17. The van der Waals surface area contributed by atoms with Gasteiger partial charge in [-0.1, -0.05) is 38.1 Å². The maximum absolute atomic E-state index is 13.1. The van der Waals surface area contributed by atoms with Crippen molar-refractivity contribution in [1.29, 1.82) is 0 Å². The van der Waals surface area contributed by atoms with Gasteiger partial charge in [0.2, 0.25) is 10.0 Å². The Morgan fingerprint density at radius 1 is 0.971 bits per heavy atom. The van der Waals surface area contributed by atoms with Gasteiger partial charge in [-0.05, 0) is 42.5 Å². The Bertz CT molecular complexity index is 1280. The minimum atomic E-state index is -3.75. The van der Waals surface area contributed by atoms with E-state index in [1.807, 2.05) is 12.1 Å². The van der Waals surface area contributed by atoms with Crippen LogP contribution in [-0.4, -0.2) is 45.7 Å². The highest BCUT2D eigenvalue weighted by Crippen LogP contribution is 2.35. The number of ether oxygens (including phenoxy) is 2. The van der Waals surface area contributed by atoms with E-state index in [2.05, 4.69) is 15.0 Å². The van der Waals surface area contributed by atoms with Crippen LogP contribution < -0.4 is 14.8 Å². The van der Waals surface area contributed by atoms with Gasteiger partial charge in [0.1, 0.15) is 11.5 Å².